The lowest BCUT2D eigenvalue weighted by Crippen LogP contribution is -2.28. The SMILES string of the molecule is O=C(Nc1ccc(C(F)(F)F)cc1)Nc1cnn(NC(=O)Nc2ccc(C(F)(F)F)cc2)c1. The summed E-state index contributed by atoms with van der Waals surface area (Å²) in [5, 5.41) is 10.8. The molecule has 14 heteroatoms. The predicted molar refractivity (Wildman–Crippen MR) is 106 cm³/mol. The first kappa shape index (κ1) is 23.4. The van der Waals surface area contributed by atoms with E-state index < -0.39 is 35.5 Å². The molecule has 0 saturated carbocycles. The van der Waals surface area contributed by atoms with E-state index in [9.17, 15) is 35.9 Å². The van der Waals surface area contributed by atoms with Crippen molar-refractivity contribution in [2.24, 2.45) is 0 Å². The van der Waals surface area contributed by atoms with Gasteiger partial charge in [0.2, 0.25) is 0 Å². The zero-order valence-electron chi connectivity index (χ0n) is 16.3. The topological polar surface area (TPSA) is 100 Å². The summed E-state index contributed by atoms with van der Waals surface area (Å²) in [5.74, 6) is 0. The third kappa shape index (κ3) is 6.62. The van der Waals surface area contributed by atoms with E-state index in [1.807, 2.05) is 0 Å². The lowest BCUT2D eigenvalue weighted by Gasteiger charge is -2.10. The highest BCUT2D eigenvalue weighted by Gasteiger charge is 2.30. The summed E-state index contributed by atoms with van der Waals surface area (Å²) in [6.45, 7) is 0. The first-order valence-electron chi connectivity index (χ1n) is 8.95. The van der Waals surface area contributed by atoms with E-state index >= 15 is 0 Å². The van der Waals surface area contributed by atoms with Crippen molar-refractivity contribution in [2.75, 3.05) is 21.4 Å². The minimum absolute atomic E-state index is 0.0990. The summed E-state index contributed by atoms with van der Waals surface area (Å²) in [5.41, 5.74) is 0.864. The Hall–Kier alpha value is -4.23. The van der Waals surface area contributed by atoms with Gasteiger partial charge in [-0.2, -0.15) is 36.2 Å². The molecule has 0 fully saturated rings. The second-order valence-corrected chi connectivity index (χ2v) is 6.47. The van der Waals surface area contributed by atoms with Crippen LogP contribution >= 0.6 is 0 Å². The number of hydrogen-bond acceptors (Lipinski definition) is 3. The number of halogens is 6. The highest BCUT2D eigenvalue weighted by atomic mass is 19.4. The fourth-order valence-corrected chi connectivity index (χ4v) is 2.49. The molecule has 3 aromatic rings. The standard InChI is InChI=1S/C19H14F6N6O2/c20-18(21,22)11-1-5-13(6-2-11)27-16(32)29-15-9-26-31(10-15)30-17(33)28-14-7-3-12(4-8-14)19(23,24)25/h1-10H,(H2,27,29,32)(H2,28,30,33). The van der Waals surface area contributed by atoms with Crippen molar-refractivity contribution < 1.29 is 35.9 Å². The van der Waals surface area contributed by atoms with E-state index in [1.54, 1.807) is 0 Å². The number of urea groups is 2. The highest BCUT2D eigenvalue weighted by molar-refractivity contribution is 5.99. The van der Waals surface area contributed by atoms with Crippen LogP contribution in [-0.4, -0.2) is 22.0 Å². The van der Waals surface area contributed by atoms with Gasteiger partial charge in [0.1, 0.15) is 0 Å². The maximum absolute atomic E-state index is 12.6. The van der Waals surface area contributed by atoms with Gasteiger partial charge in [0, 0.05) is 11.4 Å². The van der Waals surface area contributed by atoms with Gasteiger partial charge in [0.15, 0.2) is 0 Å². The van der Waals surface area contributed by atoms with Crippen LogP contribution in [0.3, 0.4) is 0 Å². The van der Waals surface area contributed by atoms with Crippen molar-refractivity contribution >= 4 is 29.1 Å². The van der Waals surface area contributed by atoms with Gasteiger partial charge in [-0.1, -0.05) is 0 Å². The molecule has 4 N–H and O–H groups in total. The van der Waals surface area contributed by atoms with Crippen molar-refractivity contribution in [3.8, 4) is 0 Å². The van der Waals surface area contributed by atoms with Gasteiger partial charge >= 0.3 is 24.4 Å². The molecule has 174 valence electrons. The largest absolute Gasteiger partial charge is 0.416 e. The highest BCUT2D eigenvalue weighted by Crippen LogP contribution is 2.30. The Labute approximate surface area is 181 Å². The Balaban J connectivity index is 1.51. The summed E-state index contributed by atoms with van der Waals surface area (Å²) in [6, 6.07) is 5.95. The molecule has 0 unspecified atom stereocenters. The van der Waals surface area contributed by atoms with Gasteiger partial charge in [-0.25, -0.2) is 15.0 Å². The number of anilines is 3. The first-order valence-corrected chi connectivity index (χ1v) is 8.95. The Bertz CT molecular complexity index is 1040. The van der Waals surface area contributed by atoms with Crippen molar-refractivity contribution in [1.82, 2.24) is 9.89 Å². The maximum atomic E-state index is 12.6. The Morgan fingerprint density at radius 2 is 1.09 bits per heavy atom. The number of aromatic nitrogens is 2. The number of benzene rings is 2. The molecule has 2 aromatic carbocycles. The number of hydrogen-bond donors (Lipinski definition) is 4. The molecule has 4 amide bonds. The Morgan fingerprint density at radius 1 is 0.667 bits per heavy atom. The van der Waals surface area contributed by atoms with Crippen LogP contribution in [0, 0.1) is 0 Å². The fourth-order valence-electron chi connectivity index (χ4n) is 2.49. The van der Waals surface area contributed by atoms with Crippen LogP contribution in [0.5, 0.6) is 0 Å². The van der Waals surface area contributed by atoms with Crippen LogP contribution in [-0.2, 0) is 12.4 Å². The summed E-state index contributed by atoms with van der Waals surface area (Å²) < 4.78 is 75.3. The fraction of sp³-hybridized carbons (Fsp3) is 0.105. The average Bonchev–Trinajstić information content (AvgIpc) is 3.13. The molecule has 0 spiro atoms. The number of nitrogens with one attached hydrogen (secondary N) is 4. The van der Waals surface area contributed by atoms with Gasteiger partial charge < -0.3 is 16.0 Å². The molecule has 0 aliphatic heterocycles. The molecule has 8 nitrogen and oxygen atoms in total. The van der Waals surface area contributed by atoms with E-state index in [0.29, 0.717) is 0 Å². The smallest absolute Gasteiger partial charge is 0.308 e. The van der Waals surface area contributed by atoms with Crippen LogP contribution in [0.4, 0.5) is 53.0 Å². The third-order valence-electron chi connectivity index (χ3n) is 4.00. The average molecular weight is 472 g/mol. The zero-order valence-corrected chi connectivity index (χ0v) is 16.3. The predicted octanol–water partition coefficient (Wildman–Crippen LogP) is 5.34. The lowest BCUT2D eigenvalue weighted by atomic mass is 10.2. The van der Waals surface area contributed by atoms with Gasteiger partial charge in [0.25, 0.3) is 0 Å². The van der Waals surface area contributed by atoms with Crippen molar-refractivity contribution in [2.45, 2.75) is 12.4 Å². The van der Waals surface area contributed by atoms with Crippen molar-refractivity contribution in [3.63, 3.8) is 0 Å². The number of carbonyl (C=O) groups is 2. The minimum atomic E-state index is -4.50. The molecule has 0 aliphatic rings. The van der Waals surface area contributed by atoms with Gasteiger partial charge in [-0.15, -0.1) is 0 Å². The normalized spacial score (nSPS) is 11.6. The van der Waals surface area contributed by atoms with Crippen LogP contribution in [0.25, 0.3) is 0 Å². The quantitative estimate of drug-likeness (QED) is 0.386. The van der Waals surface area contributed by atoms with Gasteiger partial charge in [0.05, 0.1) is 29.2 Å². The van der Waals surface area contributed by atoms with Crippen molar-refractivity contribution in [1.29, 1.82) is 0 Å². The van der Waals surface area contributed by atoms with E-state index in [0.717, 1.165) is 53.3 Å². The van der Waals surface area contributed by atoms with Gasteiger partial charge in [-0.3, -0.25) is 0 Å². The minimum Gasteiger partial charge on any atom is -0.308 e. The Morgan fingerprint density at radius 3 is 1.55 bits per heavy atom. The Kier molecular flexibility index (Phi) is 6.46. The third-order valence-corrected chi connectivity index (χ3v) is 4.00. The molecule has 3 rings (SSSR count). The van der Waals surface area contributed by atoms with Crippen LogP contribution in [0.15, 0.2) is 60.9 Å². The molecule has 0 radical (unpaired) electrons. The van der Waals surface area contributed by atoms with E-state index in [1.165, 1.54) is 12.4 Å². The molecular formula is C19H14F6N6O2. The van der Waals surface area contributed by atoms with Crippen LogP contribution in [0.1, 0.15) is 11.1 Å². The molecule has 0 atom stereocenters. The van der Waals surface area contributed by atoms with E-state index in [2.05, 4.69) is 26.5 Å². The molecular weight excluding hydrogens is 458 g/mol. The number of nitrogens with zero attached hydrogens (tertiary/aromatic N) is 2. The molecule has 1 aromatic heterocycles. The molecule has 0 saturated heterocycles. The molecule has 0 bridgehead atoms. The number of amides is 4. The van der Waals surface area contributed by atoms with Crippen LogP contribution < -0.4 is 21.4 Å². The summed E-state index contributed by atoms with van der Waals surface area (Å²) in [6.07, 6.45) is -6.62. The number of alkyl halides is 6. The van der Waals surface area contributed by atoms with Crippen LogP contribution in [0.2, 0.25) is 0 Å². The number of rotatable bonds is 4. The molecule has 33 heavy (non-hydrogen) atoms. The second kappa shape index (κ2) is 9.10. The summed E-state index contributed by atoms with van der Waals surface area (Å²) in [7, 11) is 0. The monoisotopic (exact) mass is 472 g/mol. The number of carbonyl (C=O) groups excluding carboxylic acids is 2. The second-order valence-electron chi connectivity index (χ2n) is 6.47. The molecule has 1 heterocycles. The maximum Gasteiger partial charge on any atom is 0.416 e. The van der Waals surface area contributed by atoms with Crippen molar-refractivity contribution in [3.05, 3.63) is 72.1 Å². The van der Waals surface area contributed by atoms with E-state index in [4.69, 9.17) is 0 Å². The summed E-state index contributed by atoms with van der Waals surface area (Å²) in [4.78, 5) is 24.8. The molecule has 0 aliphatic carbocycles. The van der Waals surface area contributed by atoms with E-state index in [-0.39, 0.29) is 17.1 Å². The first-order chi connectivity index (χ1) is 15.4. The summed E-state index contributed by atoms with van der Waals surface area (Å²) >= 11 is 0. The zero-order chi connectivity index (χ0) is 24.2. The van der Waals surface area contributed by atoms with Gasteiger partial charge in [-0.05, 0) is 48.5 Å². The lowest BCUT2D eigenvalue weighted by molar-refractivity contribution is -0.138.